The van der Waals surface area contributed by atoms with E-state index in [2.05, 4.69) is 6.92 Å². The Balaban J connectivity index is 2.07. The van der Waals surface area contributed by atoms with Crippen molar-refractivity contribution in [1.29, 1.82) is 0 Å². The molecule has 25 heavy (non-hydrogen) atoms. The zero-order chi connectivity index (χ0) is 18.2. The third kappa shape index (κ3) is 5.37. The lowest BCUT2D eigenvalue weighted by atomic mass is 9.96. The molecule has 0 aromatic heterocycles. The van der Waals surface area contributed by atoms with Crippen molar-refractivity contribution in [2.45, 2.75) is 39.0 Å². The Morgan fingerprint density at radius 3 is 2.72 bits per heavy atom. The van der Waals surface area contributed by atoms with Crippen molar-refractivity contribution in [1.82, 2.24) is 4.90 Å². The molecule has 1 heterocycles. The van der Waals surface area contributed by atoms with Gasteiger partial charge in [-0.2, -0.15) is 0 Å². The van der Waals surface area contributed by atoms with E-state index in [0.29, 0.717) is 17.1 Å². The van der Waals surface area contributed by atoms with Crippen LogP contribution in [0.4, 0.5) is 0 Å². The van der Waals surface area contributed by atoms with Crippen LogP contribution in [0.25, 0.3) is 0 Å². The summed E-state index contributed by atoms with van der Waals surface area (Å²) in [4.78, 5) is 25.6. The van der Waals surface area contributed by atoms with Gasteiger partial charge in [0, 0.05) is 18.7 Å². The summed E-state index contributed by atoms with van der Waals surface area (Å²) in [6, 6.07) is 5.01. The van der Waals surface area contributed by atoms with Crippen molar-refractivity contribution < 1.29 is 19.1 Å². The van der Waals surface area contributed by atoms with Crippen LogP contribution in [0.2, 0.25) is 0 Å². The van der Waals surface area contributed by atoms with Gasteiger partial charge in [0.15, 0.2) is 18.1 Å². The lowest BCUT2D eigenvalue weighted by Crippen LogP contribution is -2.32. The lowest BCUT2D eigenvalue weighted by molar-refractivity contribution is -0.119. The van der Waals surface area contributed by atoms with E-state index in [1.54, 1.807) is 18.2 Å². The van der Waals surface area contributed by atoms with Gasteiger partial charge in [0.25, 0.3) is 11.8 Å². The van der Waals surface area contributed by atoms with E-state index in [0.717, 1.165) is 31.8 Å². The van der Waals surface area contributed by atoms with E-state index >= 15 is 0 Å². The van der Waals surface area contributed by atoms with Crippen LogP contribution < -0.4 is 15.2 Å². The molecule has 1 aromatic carbocycles. The highest BCUT2D eigenvalue weighted by Gasteiger charge is 2.22. The van der Waals surface area contributed by atoms with Crippen LogP contribution in [0, 0.1) is 5.92 Å². The summed E-state index contributed by atoms with van der Waals surface area (Å²) < 4.78 is 10.6. The van der Waals surface area contributed by atoms with Gasteiger partial charge in [-0.1, -0.05) is 19.8 Å². The van der Waals surface area contributed by atoms with Crippen molar-refractivity contribution in [3.8, 4) is 11.5 Å². The Bertz CT molecular complexity index is 603. The number of carbonyl (C=O) groups excluding carboxylic acids is 2. The van der Waals surface area contributed by atoms with E-state index in [9.17, 15) is 9.59 Å². The Kier molecular flexibility index (Phi) is 7.10. The average molecular weight is 348 g/mol. The Morgan fingerprint density at radius 2 is 2.04 bits per heavy atom. The van der Waals surface area contributed by atoms with Gasteiger partial charge < -0.3 is 20.1 Å². The summed E-state index contributed by atoms with van der Waals surface area (Å²) in [6.45, 7) is 3.57. The number of carbonyl (C=O) groups is 2. The largest absolute Gasteiger partial charge is 0.493 e. The summed E-state index contributed by atoms with van der Waals surface area (Å²) in [5.74, 6) is 0.995. The first-order valence-corrected chi connectivity index (χ1v) is 8.93. The van der Waals surface area contributed by atoms with Gasteiger partial charge in [-0.25, -0.2) is 0 Å². The quantitative estimate of drug-likeness (QED) is 0.821. The van der Waals surface area contributed by atoms with Crippen LogP contribution in [-0.2, 0) is 4.79 Å². The van der Waals surface area contributed by atoms with Crippen molar-refractivity contribution in [3.63, 3.8) is 0 Å². The maximum Gasteiger partial charge on any atom is 0.255 e. The highest BCUT2D eigenvalue weighted by atomic mass is 16.5. The van der Waals surface area contributed by atoms with E-state index < -0.39 is 5.91 Å². The molecular weight excluding hydrogens is 320 g/mol. The predicted octanol–water partition coefficient (Wildman–Crippen LogP) is 2.60. The first-order valence-electron chi connectivity index (χ1n) is 8.93. The van der Waals surface area contributed by atoms with Crippen molar-refractivity contribution in [2.24, 2.45) is 11.7 Å². The minimum Gasteiger partial charge on any atom is -0.493 e. The molecule has 1 fully saturated rings. The maximum atomic E-state index is 12.8. The second-order valence-corrected chi connectivity index (χ2v) is 6.50. The molecule has 2 rings (SSSR count). The molecule has 0 bridgehead atoms. The van der Waals surface area contributed by atoms with Gasteiger partial charge >= 0.3 is 0 Å². The summed E-state index contributed by atoms with van der Waals surface area (Å²) >= 11 is 0. The number of methoxy groups -OCH3 is 1. The molecular formula is C19H28N2O4. The van der Waals surface area contributed by atoms with Gasteiger partial charge in [-0.15, -0.1) is 0 Å². The van der Waals surface area contributed by atoms with E-state index in [1.807, 2.05) is 4.90 Å². The fourth-order valence-electron chi connectivity index (χ4n) is 3.32. The highest BCUT2D eigenvalue weighted by molar-refractivity contribution is 5.95. The molecule has 1 aliphatic heterocycles. The first kappa shape index (κ1) is 19.1. The maximum absolute atomic E-state index is 12.8. The van der Waals surface area contributed by atoms with Gasteiger partial charge in [-0.05, 0) is 43.4 Å². The van der Waals surface area contributed by atoms with Gasteiger partial charge in [0.05, 0.1) is 7.11 Å². The molecule has 1 aliphatic rings. The third-order valence-electron chi connectivity index (χ3n) is 4.61. The van der Waals surface area contributed by atoms with Gasteiger partial charge in [0.1, 0.15) is 0 Å². The molecule has 0 saturated carbocycles. The molecule has 0 spiro atoms. The fourth-order valence-corrected chi connectivity index (χ4v) is 3.32. The SMILES string of the molecule is CCC[C@@H]1CCCN(C(=O)c2ccc(OCC(N)=O)c(OC)c2)CC1. The van der Waals surface area contributed by atoms with Crippen LogP contribution >= 0.6 is 0 Å². The van der Waals surface area contributed by atoms with E-state index in [4.69, 9.17) is 15.2 Å². The second kappa shape index (κ2) is 9.30. The topological polar surface area (TPSA) is 81.9 Å². The Hall–Kier alpha value is -2.24. The van der Waals surface area contributed by atoms with E-state index in [-0.39, 0.29) is 12.5 Å². The average Bonchev–Trinajstić information content (AvgIpc) is 2.85. The Morgan fingerprint density at radius 1 is 1.24 bits per heavy atom. The number of likely N-dealkylation sites (tertiary alicyclic amines) is 1. The highest BCUT2D eigenvalue weighted by Crippen LogP contribution is 2.29. The lowest BCUT2D eigenvalue weighted by Gasteiger charge is -2.21. The number of nitrogens with two attached hydrogens (primary N) is 1. The zero-order valence-corrected chi connectivity index (χ0v) is 15.1. The molecule has 1 aromatic rings. The number of benzene rings is 1. The molecule has 2 amide bonds. The van der Waals surface area contributed by atoms with Gasteiger partial charge in [-0.3, -0.25) is 9.59 Å². The molecule has 0 aliphatic carbocycles. The standard InChI is InChI=1S/C19H28N2O4/c1-3-5-14-6-4-10-21(11-9-14)19(23)15-7-8-16(17(12-15)24-2)25-13-18(20)22/h7-8,12,14H,3-6,9-11,13H2,1-2H3,(H2,20,22)/t14-/m1/s1. The molecule has 1 saturated heterocycles. The predicted molar refractivity (Wildman–Crippen MR) is 95.8 cm³/mol. The molecule has 0 unspecified atom stereocenters. The Labute approximate surface area is 149 Å². The summed E-state index contributed by atoms with van der Waals surface area (Å²) in [6.07, 6.45) is 5.75. The first-order chi connectivity index (χ1) is 12.0. The monoisotopic (exact) mass is 348 g/mol. The molecule has 2 N–H and O–H groups in total. The zero-order valence-electron chi connectivity index (χ0n) is 15.1. The number of rotatable bonds is 7. The number of ether oxygens (including phenoxy) is 2. The number of primary amides is 1. The molecule has 0 radical (unpaired) electrons. The summed E-state index contributed by atoms with van der Waals surface area (Å²) in [5.41, 5.74) is 5.66. The van der Waals surface area contributed by atoms with Crippen LogP contribution in [0.5, 0.6) is 11.5 Å². The van der Waals surface area contributed by atoms with Crippen molar-refractivity contribution in [2.75, 3.05) is 26.8 Å². The summed E-state index contributed by atoms with van der Waals surface area (Å²) in [7, 11) is 1.50. The van der Waals surface area contributed by atoms with Crippen LogP contribution in [0.1, 0.15) is 49.4 Å². The summed E-state index contributed by atoms with van der Waals surface area (Å²) in [5, 5.41) is 0. The number of hydrogen-bond acceptors (Lipinski definition) is 4. The molecule has 6 nitrogen and oxygen atoms in total. The minimum absolute atomic E-state index is 0.0110. The number of hydrogen-bond donors (Lipinski definition) is 1. The smallest absolute Gasteiger partial charge is 0.255 e. The fraction of sp³-hybridized carbons (Fsp3) is 0.579. The van der Waals surface area contributed by atoms with Crippen LogP contribution in [0.3, 0.4) is 0 Å². The number of amides is 2. The van der Waals surface area contributed by atoms with Crippen molar-refractivity contribution >= 4 is 11.8 Å². The third-order valence-corrected chi connectivity index (χ3v) is 4.61. The van der Waals surface area contributed by atoms with Crippen molar-refractivity contribution in [3.05, 3.63) is 23.8 Å². The van der Waals surface area contributed by atoms with Gasteiger partial charge in [0.2, 0.25) is 0 Å². The molecule has 138 valence electrons. The second-order valence-electron chi connectivity index (χ2n) is 6.50. The minimum atomic E-state index is -0.562. The molecule has 6 heteroatoms. The normalized spacial score (nSPS) is 17.7. The van der Waals surface area contributed by atoms with E-state index in [1.165, 1.54) is 26.4 Å². The van der Waals surface area contributed by atoms with Crippen LogP contribution in [-0.4, -0.2) is 43.5 Å². The number of nitrogens with zero attached hydrogens (tertiary/aromatic N) is 1. The van der Waals surface area contributed by atoms with Crippen LogP contribution in [0.15, 0.2) is 18.2 Å². The molecule has 1 atom stereocenters.